The van der Waals surface area contributed by atoms with Crippen LogP contribution in [0.15, 0.2) is 24.3 Å². The highest BCUT2D eigenvalue weighted by Crippen LogP contribution is 2.25. The van der Waals surface area contributed by atoms with Crippen molar-refractivity contribution < 1.29 is 0 Å². The maximum atomic E-state index is 2.62. The van der Waals surface area contributed by atoms with E-state index in [2.05, 4.69) is 46.0 Å². The smallest absolute Gasteiger partial charge is 0.0398 e. The lowest BCUT2D eigenvalue weighted by molar-refractivity contribution is 0.153. The summed E-state index contributed by atoms with van der Waals surface area (Å²) < 4.78 is 0. The van der Waals surface area contributed by atoms with Crippen LogP contribution in [0.4, 0.5) is 5.69 Å². The van der Waals surface area contributed by atoms with Crippen LogP contribution in [0.3, 0.4) is 0 Å². The van der Waals surface area contributed by atoms with Gasteiger partial charge in [0.15, 0.2) is 0 Å². The lowest BCUT2D eigenvalue weighted by Gasteiger charge is -2.32. The van der Waals surface area contributed by atoms with Crippen LogP contribution in [-0.2, 0) is 6.42 Å². The van der Waals surface area contributed by atoms with Crippen molar-refractivity contribution in [3.63, 3.8) is 0 Å². The minimum Gasteiger partial charge on any atom is -0.371 e. The Morgan fingerprint density at radius 1 is 0.905 bits per heavy atom. The van der Waals surface area contributed by atoms with Crippen molar-refractivity contribution in [2.75, 3.05) is 57.8 Å². The third kappa shape index (κ3) is 3.98. The van der Waals surface area contributed by atoms with Crippen LogP contribution in [0.5, 0.6) is 0 Å². The fourth-order valence-electron chi connectivity index (χ4n) is 3.55. The van der Waals surface area contributed by atoms with Gasteiger partial charge in [-0.15, -0.1) is 0 Å². The molecule has 2 saturated heterocycles. The summed E-state index contributed by atoms with van der Waals surface area (Å²) in [4.78, 5) is 7.63. The molecule has 0 radical (unpaired) electrons. The van der Waals surface area contributed by atoms with Gasteiger partial charge in [-0.25, -0.2) is 0 Å². The largest absolute Gasteiger partial charge is 0.371 e. The van der Waals surface area contributed by atoms with Gasteiger partial charge in [-0.05, 0) is 50.9 Å². The Morgan fingerprint density at radius 3 is 2.38 bits per heavy atom. The Kier molecular flexibility index (Phi) is 5.15. The predicted molar refractivity (Wildman–Crippen MR) is 90.1 cm³/mol. The second-order valence-electron chi connectivity index (χ2n) is 6.57. The summed E-state index contributed by atoms with van der Waals surface area (Å²) in [5.74, 6) is 0. The molecular formula is C18H29N3. The van der Waals surface area contributed by atoms with Gasteiger partial charge in [0.05, 0.1) is 0 Å². The van der Waals surface area contributed by atoms with Gasteiger partial charge in [-0.1, -0.05) is 18.2 Å². The second-order valence-corrected chi connectivity index (χ2v) is 6.57. The fourth-order valence-corrected chi connectivity index (χ4v) is 3.55. The Hall–Kier alpha value is -1.06. The third-order valence-electron chi connectivity index (χ3n) is 4.95. The maximum absolute atomic E-state index is 2.62. The molecule has 0 spiro atoms. The van der Waals surface area contributed by atoms with Crippen molar-refractivity contribution >= 4 is 5.69 Å². The number of likely N-dealkylation sites (N-methyl/N-ethyl adjacent to an activating group) is 1. The minimum absolute atomic E-state index is 1.22. The van der Waals surface area contributed by atoms with E-state index < -0.39 is 0 Å². The molecule has 0 atom stereocenters. The summed E-state index contributed by atoms with van der Waals surface area (Å²) in [6, 6.07) is 9.04. The average Bonchev–Trinajstić information content (AvgIpc) is 3.04. The summed E-state index contributed by atoms with van der Waals surface area (Å²) >= 11 is 0. The number of benzene rings is 1. The minimum atomic E-state index is 1.22. The van der Waals surface area contributed by atoms with Gasteiger partial charge in [0.25, 0.3) is 0 Å². The van der Waals surface area contributed by atoms with Crippen molar-refractivity contribution in [1.29, 1.82) is 0 Å². The quantitative estimate of drug-likeness (QED) is 0.824. The molecular weight excluding hydrogens is 258 g/mol. The molecule has 0 saturated carbocycles. The van der Waals surface area contributed by atoms with E-state index in [1.165, 1.54) is 77.2 Å². The SMILES string of the molecule is CN1CCN(CCCc2ccccc2N2CCCC2)CC1. The van der Waals surface area contributed by atoms with Gasteiger partial charge in [0.1, 0.15) is 0 Å². The zero-order valence-corrected chi connectivity index (χ0v) is 13.4. The van der Waals surface area contributed by atoms with Crippen molar-refractivity contribution in [1.82, 2.24) is 9.80 Å². The highest BCUT2D eigenvalue weighted by molar-refractivity contribution is 5.54. The molecule has 2 heterocycles. The second kappa shape index (κ2) is 7.28. The van der Waals surface area contributed by atoms with E-state index in [-0.39, 0.29) is 0 Å². The Bertz CT molecular complexity index is 432. The van der Waals surface area contributed by atoms with Gasteiger partial charge in [-0.3, -0.25) is 0 Å². The summed E-state index contributed by atoms with van der Waals surface area (Å²) in [5, 5.41) is 0. The number of anilines is 1. The molecule has 0 aliphatic carbocycles. The van der Waals surface area contributed by atoms with E-state index in [4.69, 9.17) is 0 Å². The first-order chi connectivity index (χ1) is 10.3. The summed E-state index contributed by atoms with van der Waals surface area (Å²) in [5.41, 5.74) is 3.04. The monoisotopic (exact) mass is 287 g/mol. The fraction of sp³-hybridized carbons (Fsp3) is 0.667. The van der Waals surface area contributed by atoms with E-state index in [0.717, 1.165) is 0 Å². The third-order valence-corrected chi connectivity index (χ3v) is 4.95. The Balaban J connectivity index is 1.51. The topological polar surface area (TPSA) is 9.72 Å². The van der Waals surface area contributed by atoms with Crippen molar-refractivity contribution in [2.45, 2.75) is 25.7 Å². The number of hydrogen-bond acceptors (Lipinski definition) is 3. The highest BCUT2D eigenvalue weighted by atomic mass is 15.2. The lowest BCUT2D eigenvalue weighted by Crippen LogP contribution is -2.44. The molecule has 2 aliphatic rings. The van der Waals surface area contributed by atoms with Crippen molar-refractivity contribution in [3.05, 3.63) is 29.8 Å². The first-order valence-corrected chi connectivity index (χ1v) is 8.57. The van der Waals surface area contributed by atoms with Crippen LogP contribution in [0.2, 0.25) is 0 Å². The predicted octanol–water partition coefficient (Wildman–Crippen LogP) is 2.47. The standard InChI is InChI=1S/C18H29N3/c1-19-13-15-20(16-14-19)10-6-8-17-7-2-3-9-18(17)21-11-4-5-12-21/h2-3,7,9H,4-6,8,10-16H2,1H3. The first-order valence-electron chi connectivity index (χ1n) is 8.57. The zero-order valence-electron chi connectivity index (χ0n) is 13.4. The molecule has 3 heteroatoms. The molecule has 116 valence electrons. The van der Waals surface area contributed by atoms with E-state index in [0.29, 0.717) is 0 Å². The Labute approximate surface area is 129 Å². The molecule has 0 N–H and O–H groups in total. The average molecular weight is 287 g/mol. The van der Waals surface area contributed by atoms with Crippen LogP contribution >= 0.6 is 0 Å². The normalized spacial score (nSPS) is 21.1. The van der Waals surface area contributed by atoms with Gasteiger partial charge in [0, 0.05) is 45.0 Å². The zero-order chi connectivity index (χ0) is 14.5. The lowest BCUT2D eigenvalue weighted by atomic mass is 10.1. The molecule has 0 unspecified atom stereocenters. The molecule has 2 aliphatic heterocycles. The van der Waals surface area contributed by atoms with Gasteiger partial charge in [-0.2, -0.15) is 0 Å². The van der Waals surface area contributed by atoms with E-state index in [1.54, 1.807) is 5.56 Å². The van der Waals surface area contributed by atoms with Crippen LogP contribution in [0.25, 0.3) is 0 Å². The molecule has 0 amide bonds. The number of hydrogen-bond donors (Lipinski definition) is 0. The molecule has 1 aromatic carbocycles. The van der Waals surface area contributed by atoms with Crippen LogP contribution in [0.1, 0.15) is 24.8 Å². The first kappa shape index (κ1) is 14.9. The molecule has 3 rings (SSSR count). The van der Waals surface area contributed by atoms with E-state index in [1.807, 2.05) is 0 Å². The van der Waals surface area contributed by atoms with Crippen LogP contribution in [0, 0.1) is 0 Å². The maximum Gasteiger partial charge on any atom is 0.0398 e. The molecule has 21 heavy (non-hydrogen) atoms. The highest BCUT2D eigenvalue weighted by Gasteiger charge is 2.16. The van der Waals surface area contributed by atoms with Crippen LogP contribution < -0.4 is 4.90 Å². The Morgan fingerprint density at radius 2 is 1.62 bits per heavy atom. The number of rotatable bonds is 5. The van der Waals surface area contributed by atoms with Gasteiger partial charge < -0.3 is 14.7 Å². The number of para-hydroxylation sites is 1. The molecule has 2 fully saturated rings. The molecule has 0 aromatic heterocycles. The molecule has 3 nitrogen and oxygen atoms in total. The molecule has 1 aromatic rings. The summed E-state index contributed by atoms with van der Waals surface area (Å²) in [6.45, 7) is 8.68. The number of aryl methyl sites for hydroxylation is 1. The van der Waals surface area contributed by atoms with Crippen molar-refractivity contribution in [3.8, 4) is 0 Å². The van der Waals surface area contributed by atoms with E-state index >= 15 is 0 Å². The molecule has 0 bridgehead atoms. The van der Waals surface area contributed by atoms with Crippen molar-refractivity contribution in [2.24, 2.45) is 0 Å². The van der Waals surface area contributed by atoms with Gasteiger partial charge >= 0.3 is 0 Å². The van der Waals surface area contributed by atoms with Crippen LogP contribution in [-0.4, -0.2) is 62.7 Å². The summed E-state index contributed by atoms with van der Waals surface area (Å²) in [6.07, 6.45) is 5.22. The van der Waals surface area contributed by atoms with Gasteiger partial charge in [0.2, 0.25) is 0 Å². The number of nitrogens with zero attached hydrogens (tertiary/aromatic N) is 3. The summed E-state index contributed by atoms with van der Waals surface area (Å²) in [7, 11) is 2.23. The number of piperazine rings is 1. The van der Waals surface area contributed by atoms with E-state index in [9.17, 15) is 0 Å².